The highest BCUT2D eigenvalue weighted by atomic mass is 35.5. The number of rotatable bonds is 1. The van der Waals surface area contributed by atoms with E-state index >= 15 is 0 Å². The lowest BCUT2D eigenvalue weighted by atomic mass is 10.2. The highest BCUT2D eigenvalue weighted by Crippen LogP contribution is 2.33. The van der Waals surface area contributed by atoms with Crippen molar-refractivity contribution in [2.24, 2.45) is 0 Å². The molecular formula is C12H8ClN3S. The van der Waals surface area contributed by atoms with Crippen molar-refractivity contribution in [1.82, 2.24) is 9.97 Å². The van der Waals surface area contributed by atoms with Crippen LogP contribution in [0.5, 0.6) is 0 Å². The number of thiazole rings is 1. The van der Waals surface area contributed by atoms with E-state index in [2.05, 4.69) is 9.97 Å². The van der Waals surface area contributed by atoms with Crippen molar-refractivity contribution in [3.8, 4) is 10.6 Å². The number of halogens is 1. The van der Waals surface area contributed by atoms with Crippen molar-refractivity contribution < 1.29 is 0 Å². The van der Waals surface area contributed by atoms with Crippen molar-refractivity contribution in [2.45, 2.75) is 0 Å². The third kappa shape index (κ3) is 1.85. The van der Waals surface area contributed by atoms with Gasteiger partial charge in [-0.25, -0.2) is 4.98 Å². The first-order chi connectivity index (χ1) is 8.24. The van der Waals surface area contributed by atoms with Gasteiger partial charge in [-0.05, 0) is 24.3 Å². The molecular weight excluding hydrogens is 254 g/mol. The molecule has 3 rings (SSSR count). The van der Waals surface area contributed by atoms with Gasteiger partial charge in [0.05, 0.1) is 22.1 Å². The lowest BCUT2D eigenvalue weighted by Gasteiger charge is -1.98. The summed E-state index contributed by atoms with van der Waals surface area (Å²) in [4.78, 5) is 8.50. The zero-order valence-electron chi connectivity index (χ0n) is 8.72. The Labute approximate surface area is 107 Å². The Morgan fingerprint density at radius 2 is 2.12 bits per heavy atom. The molecule has 2 aromatic heterocycles. The van der Waals surface area contributed by atoms with E-state index < -0.39 is 0 Å². The first-order valence-electron chi connectivity index (χ1n) is 5.00. The average Bonchev–Trinajstić information content (AvgIpc) is 2.72. The summed E-state index contributed by atoms with van der Waals surface area (Å²) in [5.74, 6) is 0. The van der Waals surface area contributed by atoms with Crippen LogP contribution in [0.4, 0.5) is 5.69 Å². The third-order valence-electron chi connectivity index (χ3n) is 2.43. The summed E-state index contributed by atoms with van der Waals surface area (Å²) >= 11 is 7.53. The summed E-state index contributed by atoms with van der Waals surface area (Å²) < 4.78 is 1.10. The zero-order valence-corrected chi connectivity index (χ0v) is 10.3. The van der Waals surface area contributed by atoms with Gasteiger partial charge in [0.1, 0.15) is 5.01 Å². The molecule has 2 N–H and O–H groups in total. The summed E-state index contributed by atoms with van der Waals surface area (Å²) in [6.07, 6.45) is 3.35. The predicted molar refractivity (Wildman–Crippen MR) is 72.3 cm³/mol. The van der Waals surface area contributed by atoms with E-state index in [9.17, 15) is 0 Å². The number of fused-ring (bicyclic) bond motifs is 1. The van der Waals surface area contributed by atoms with E-state index in [0.29, 0.717) is 10.7 Å². The molecule has 0 aliphatic heterocycles. The molecule has 0 aliphatic carbocycles. The Balaban J connectivity index is 2.22. The SMILES string of the molecule is Nc1cnccc1-c1nc2cc(Cl)ccc2s1. The van der Waals surface area contributed by atoms with Gasteiger partial charge in [-0.15, -0.1) is 11.3 Å². The Kier molecular flexibility index (Phi) is 2.46. The first-order valence-corrected chi connectivity index (χ1v) is 6.19. The second-order valence-electron chi connectivity index (χ2n) is 3.59. The number of nitrogens with two attached hydrogens (primary N) is 1. The van der Waals surface area contributed by atoms with Gasteiger partial charge in [0.15, 0.2) is 0 Å². The van der Waals surface area contributed by atoms with Gasteiger partial charge in [-0.3, -0.25) is 4.98 Å². The molecule has 3 nitrogen and oxygen atoms in total. The average molecular weight is 262 g/mol. The van der Waals surface area contributed by atoms with E-state index in [1.54, 1.807) is 23.7 Å². The van der Waals surface area contributed by atoms with Crippen molar-refractivity contribution in [1.29, 1.82) is 0 Å². The quantitative estimate of drug-likeness (QED) is 0.728. The minimum Gasteiger partial charge on any atom is -0.397 e. The Morgan fingerprint density at radius 3 is 2.94 bits per heavy atom. The second-order valence-corrected chi connectivity index (χ2v) is 5.06. The number of pyridine rings is 1. The minimum absolute atomic E-state index is 0.637. The number of aromatic nitrogens is 2. The standard InChI is InChI=1S/C12H8ClN3S/c13-7-1-2-11-10(5-7)16-12(17-11)8-3-4-15-6-9(8)14/h1-6H,14H2. The number of hydrogen-bond acceptors (Lipinski definition) is 4. The van der Waals surface area contributed by atoms with E-state index in [1.165, 1.54) is 0 Å². The fourth-order valence-electron chi connectivity index (χ4n) is 1.62. The van der Waals surface area contributed by atoms with Crippen LogP contribution < -0.4 is 5.73 Å². The van der Waals surface area contributed by atoms with Crippen molar-refractivity contribution in [2.75, 3.05) is 5.73 Å². The maximum Gasteiger partial charge on any atom is 0.126 e. The normalized spacial score (nSPS) is 10.9. The number of anilines is 1. The van der Waals surface area contributed by atoms with Gasteiger partial charge in [-0.2, -0.15) is 0 Å². The van der Waals surface area contributed by atoms with Gasteiger partial charge in [0.25, 0.3) is 0 Å². The molecule has 0 atom stereocenters. The fourth-order valence-corrected chi connectivity index (χ4v) is 2.78. The molecule has 84 valence electrons. The monoisotopic (exact) mass is 261 g/mol. The van der Waals surface area contributed by atoms with Crippen LogP contribution in [0.1, 0.15) is 0 Å². The van der Waals surface area contributed by atoms with Crippen LogP contribution in [0.3, 0.4) is 0 Å². The maximum absolute atomic E-state index is 5.94. The first kappa shape index (κ1) is 10.5. The highest BCUT2D eigenvalue weighted by Gasteiger charge is 2.09. The number of hydrogen-bond donors (Lipinski definition) is 1. The maximum atomic E-state index is 5.94. The summed E-state index contributed by atoms with van der Waals surface area (Å²) in [6, 6.07) is 7.56. The molecule has 3 aromatic rings. The fraction of sp³-hybridized carbons (Fsp3) is 0. The van der Waals surface area contributed by atoms with E-state index in [0.717, 1.165) is 20.8 Å². The molecule has 1 aromatic carbocycles. The van der Waals surface area contributed by atoms with Gasteiger partial charge in [0.2, 0.25) is 0 Å². The molecule has 0 aliphatic rings. The summed E-state index contributed by atoms with van der Waals surface area (Å²) in [5.41, 5.74) is 8.33. The van der Waals surface area contributed by atoms with Crippen LogP contribution in [-0.2, 0) is 0 Å². The number of benzene rings is 1. The van der Waals surface area contributed by atoms with E-state index in [1.807, 2.05) is 24.3 Å². The van der Waals surface area contributed by atoms with Crippen molar-refractivity contribution in [3.63, 3.8) is 0 Å². The zero-order chi connectivity index (χ0) is 11.8. The molecule has 0 amide bonds. The van der Waals surface area contributed by atoms with Crippen LogP contribution in [0, 0.1) is 0 Å². The molecule has 2 heterocycles. The summed E-state index contributed by atoms with van der Waals surface area (Å²) in [7, 11) is 0. The molecule has 0 fully saturated rings. The molecule has 17 heavy (non-hydrogen) atoms. The molecule has 0 spiro atoms. The molecule has 0 saturated heterocycles. The van der Waals surface area contributed by atoms with E-state index in [4.69, 9.17) is 17.3 Å². The van der Waals surface area contributed by atoms with Crippen LogP contribution in [0.15, 0.2) is 36.7 Å². The van der Waals surface area contributed by atoms with Crippen LogP contribution in [-0.4, -0.2) is 9.97 Å². The van der Waals surface area contributed by atoms with Gasteiger partial charge < -0.3 is 5.73 Å². The summed E-state index contributed by atoms with van der Waals surface area (Å²) in [5, 5.41) is 1.58. The third-order valence-corrected chi connectivity index (χ3v) is 3.74. The largest absolute Gasteiger partial charge is 0.397 e. The Hall–Kier alpha value is -1.65. The Morgan fingerprint density at radius 1 is 1.24 bits per heavy atom. The number of nitrogens with zero attached hydrogens (tertiary/aromatic N) is 2. The van der Waals surface area contributed by atoms with Gasteiger partial charge in [-0.1, -0.05) is 11.6 Å². The Bertz CT molecular complexity index is 693. The topological polar surface area (TPSA) is 51.8 Å². The predicted octanol–water partition coefficient (Wildman–Crippen LogP) is 3.59. The lowest BCUT2D eigenvalue weighted by Crippen LogP contribution is -1.89. The smallest absolute Gasteiger partial charge is 0.126 e. The van der Waals surface area contributed by atoms with Crippen molar-refractivity contribution in [3.05, 3.63) is 41.7 Å². The summed E-state index contributed by atoms with van der Waals surface area (Å²) in [6.45, 7) is 0. The van der Waals surface area contributed by atoms with Gasteiger partial charge in [0, 0.05) is 16.8 Å². The molecule has 0 unspecified atom stereocenters. The van der Waals surface area contributed by atoms with Gasteiger partial charge >= 0.3 is 0 Å². The molecule has 0 bridgehead atoms. The second kappa shape index (κ2) is 3.98. The van der Waals surface area contributed by atoms with Crippen LogP contribution in [0.25, 0.3) is 20.8 Å². The molecule has 0 saturated carbocycles. The van der Waals surface area contributed by atoms with Crippen molar-refractivity contribution >= 4 is 38.8 Å². The molecule has 0 radical (unpaired) electrons. The van der Waals surface area contributed by atoms with E-state index in [-0.39, 0.29) is 0 Å². The lowest BCUT2D eigenvalue weighted by molar-refractivity contribution is 1.33. The highest BCUT2D eigenvalue weighted by molar-refractivity contribution is 7.21. The van der Waals surface area contributed by atoms with Crippen LogP contribution >= 0.6 is 22.9 Å². The number of nitrogen functional groups attached to an aromatic ring is 1. The minimum atomic E-state index is 0.637. The van der Waals surface area contributed by atoms with Crippen LogP contribution in [0.2, 0.25) is 5.02 Å². The molecule has 5 heteroatoms.